The van der Waals surface area contributed by atoms with Crippen molar-refractivity contribution in [3.8, 4) is 0 Å². The Kier molecular flexibility index (Phi) is 4.69. The van der Waals surface area contributed by atoms with E-state index >= 15 is 0 Å². The minimum absolute atomic E-state index is 0.0806. The van der Waals surface area contributed by atoms with Gasteiger partial charge in [-0.25, -0.2) is 0 Å². The van der Waals surface area contributed by atoms with Crippen LogP contribution < -0.4 is 5.32 Å². The van der Waals surface area contributed by atoms with Gasteiger partial charge >= 0.3 is 0 Å². The maximum Gasteiger partial charge on any atom is 0.186 e. The van der Waals surface area contributed by atoms with E-state index in [1.807, 2.05) is 66.9 Å². The topological polar surface area (TPSA) is 44.9 Å². The van der Waals surface area contributed by atoms with E-state index in [4.69, 9.17) is 0 Å². The van der Waals surface area contributed by atoms with Gasteiger partial charge in [0.25, 0.3) is 0 Å². The molecule has 130 valence electrons. The number of thiophene rings is 1. The van der Waals surface area contributed by atoms with Crippen LogP contribution in [0.2, 0.25) is 0 Å². The monoisotopic (exact) mass is 360 g/mol. The summed E-state index contributed by atoms with van der Waals surface area (Å²) in [6, 6.07) is 21.7. The standard InChI is InChI=1S/C22H20N2OS/c1-15(20-12-7-13-26-20)24-21(16-8-3-2-4-9-16)22(25)18-14-23-19-11-6-5-10-17(18)19/h2-15,21,23-24H,1H3. The highest BCUT2D eigenvalue weighted by Gasteiger charge is 2.26. The number of fused-ring (bicyclic) bond motifs is 1. The third-order valence-electron chi connectivity index (χ3n) is 4.64. The van der Waals surface area contributed by atoms with E-state index < -0.39 is 6.04 Å². The minimum Gasteiger partial charge on any atom is -0.360 e. The predicted molar refractivity (Wildman–Crippen MR) is 108 cm³/mol. The quantitative estimate of drug-likeness (QED) is 0.446. The van der Waals surface area contributed by atoms with Crippen molar-refractivity contribution >= 4 is 28.0 Å². The Balaban J connectivity index is 1.71. The molecule has 0 spiro atoms. The highest BCUT2D eigenvalue weighted by molar-refractivity contribution is 7.10. The molecule has 0 fully saturated rings. The van der Waals surface area contributed by atoms with Crippen LogP contribution in [0.15, 0.2) is 78.3 Å². The van der Waals surface area contributed by atoms with Crippen molar-refractivity contribution in [1.29, 1.82) is 0 Å². The molecule has 2 heterocycles. The lowest BCUT2D eigenvalue weighted by molar-refractivity contribution is 0.0938. The number of ketones is 1. The number of carbonyl (C=O) groups excluding carboxylic acids is 1. The molecule has 2 aromatic carbocycles. The van der Waals surface area contributed by atoms with Gasteiger partial charge in [-0.1, -0.05) is 54.6 Å². The normalized spacial score (nSPS) is 13.6. The van der Waals surface area contributed by atoms with Crippen LogP contribution in [0.4, 0.5) is 0 Å². The van der Waals surface area contributed by atoms with Crippen LogP contribution in [0.1, 0.15) is 39.8 Å². The van der Waals surface area contributed by atoms with Gasteiger partial charge in [-0.2, -0.15) is 0 Å². The third-order valence-corrected chi connectivity index (χ3v) is 5.69. The fourth-order valence-electron chi connectivity index (χ4n) is 3.27. The smallest absolute Gasteiger partial charge is 0.186 e. The molecule has 2 unspecified atom stereocenters. The summed E-state index contributed by atoms with van der Waals surface area (Å²) in [5.41, 5.74) is 2.68. The van der Waals surface area contributed by atoms with Crippen molar-refractivity contribution in [1.82, 2.24) is 10.3 Å². The molecule has 4 rings (SSSR count). The van der Waals surface area contributed by atoms with E-state index in [1.165, 1.54) is 4.88 Å². The number of Topliss-reactive ketones (excluding diaryl/α,β-unsaturated/α-hetero) is 1. The lowest BCUT2D eigenvalue weighted by Gasteiger charge is -2.22. The van der Waals surface area contributed by atoms with Crippen LogP contribution in [-0.4, -0.2) is 10.8 Å². The molecular weight excluding hydrogens is 340 g/mol. The summed E-state index contributed by atoms with van der Waals surface area (Å²) in [7, 11) is 0. The predicted octanol–water partition coefficient (Wildman–Crippen LogP) is 5.50. The second-order valence-corrected chi connectivity index (χ2v) is 7.34. The maximum atomic E-state index is 13.4. The van der Waals surface area contributed by atoms with Crippen LogP contribution >= 0.6 is 11.3 Å². The van der Waals surface area contributed by atoms with Crippen LogP contribution in [0.3, 0.4) is 0 Å². The largest absolute Gasteiger partial charge is 0.360 e. The summed E-state index contributed by atoms with van der Waals surface area (Å²) in [5, 5.41) is 6.56. The second kappa shape index (κ2) is 7.28. The molecule has 26 heavy (non-hydrogen) atoms. The summed E-state index contributed by atoms with van der Waals surface area (Å²) < 4.78 is 0. The van der Waals surface area contributed by atoms with Gasteiger partial charge in [0, 0.05) is 33.6 Å². The molecule has 0 saturated carbocycles. The van der Waals surface area contributed by atoms with Crippen LogP contribution in [0.5, 0.6) is 0 Å². The van der Waals surface area contributed by atoms with E-state index in [0.29, 0.717) is 0 Å². The number of aromatic nitrogens is 1. The molecule has 0 aliphatic rings. The molecular formula is C22H20N2OS. The molecule has 0 saturated heterocycles. The van der Waals surface area contributed by atoms with Crippen LogP contribution in [-0.2, 0) is 0 Å². The first kappa shape index (κ1) is 16.8. The molecule has 0 radical (unpaired) electrons. The van der Waals surface area contributed by atoms with Crippen molar-refractivity contribution in [2.75, 3.05) is 0 Å². The number of rotatable bonds is 6. The SMILES string of the molecule is CC(NC(C(=O)c1c[nH]c2ccccc12)c1ccccc1)c1cccs1. The lowest BCUT2D eigenvalue weighted by Crippen LogP contribution is -2.30. The van der Waals surface area contributed by atoms with E-state index in [9.17, 15) is 4.79 Å². The van der Waals surface area contributed by atoms with Crippen molar-refractivity contribution in [3.63, 3.8) is 0 Å². The Bertz CT molecular complexity index is 1010. The zero-order valence-corrected chi connectivity index (χ0v) is 15.3. The number of para-hydroxylation sites is 1. The highest BCUT2D eigenvalue weighted by Crippen LogP contribution is 2.28. The minimum atomic E-state index is -0.396. The number of hydrogen-bond acceptors (Lipinski definition) is 3. The summed E-state index contributed by atoms with van der Waals surface area (Å²) in [6.45, 7) is 2.10. The van der Waals surface area contributed by atoms with Gasteiger partial charge in [0.1, 0.15) is 0 Å². The molecule has 0 amide bonds. The molecule has 0 aliphatic carbocycles. The number of aromatic amines is 1. The van der Waals surface area contributed by atoms with Crippen molar-refractivity contribution in [2.45, 2.75) is 19.0 Å². The van der Waals surface area contributed by atoms with Gasteiger partial charge in [-0.05, 0) is 30.0 Å². The van der Waals surface area contributed by atoms with Gasteiger partial charge in [-0.15, -0.1) is 11.3 Å². The van der Waals surface area contributed by atoms with Crippen molar-refractivity contribution < 1.29 is 4.79 Å². The Hall–Kier alpha value is -2.69. The molecule has 2 N–H and O–H groups in total. The number of carbonyl (C=O) groups is 1. The fourth-order valence-corrected chi connectivity index (χ4v) is 4.01. The lowest BCUT2D eigenvalue weighted by atomic mass is 9.96. The summed E-state index contributed by atoms with van der Waals surface area (Å²) in [4.78, 5) is 17.9. The fraction of sp³-hybridized carbons (Fsp3) is 0.136. The van der Waals surface area contributed by atoms with E-state index in [2.05, 4.69) is 28.7 Å². The number of benzene rings is 2. The molecule has 0 bridgehead atoms. The summed E-state index contributed by atoms with van der Waals surface area (Å²) in [5.74, 6) is 0.0806. The molecule has 4 heteroatoms. The molecule has 2 atom stereocenters. The Labute approximate surface area is 156 Å². The highest BCUT2D eigenvalue weighted by atomic mass is 32.1. The van der Waals surface area contributed by atoms with Gasteiger partial charge in [0.15, 0.2) is 5.78 Å². The molecule has 2 aromatic heterocycles. The second-order valence-electron chi connectivity index (χ2n) is 6.36. The average molecular weight is 360 g/mol. The van der Waals surface area contributed by atoms with Gasteiger partial charge in [-0.3, -0.25) is 10.1 Å². The number of H-pyrrole nitrogens is 1. The van der Waals surface area contributed by atoms with Gasteiger partial charge in [0.2, 0.25) is 0 Å². The van der Waals surface area contributed by atoms with Crippen LogP contribution in [0, 0.1) is 0 Å². The van der Waals surface area contributed by atoms with Crippen molar-refractivity contribution in [3.05, 3.63) is 94.3 Å². The number of nitrogens with one attached hydrogen (secondary N) is 2. The Morgan fingerprint density at radius 1 is 1.00 bits per heavy atom. The van der Waals surface area contributed by atoms with Crippen molar-refractivity contribution in [2.24, 2.45) is 0 Å². The molecule has 0 aliphatic heterocycles. The van der Waals surface area contributed by atoms with Gasteiger partial charge in [0.05, 0.1) is 6.04 Å². The first-order valence-corrected chi connectivity index (χ1v) is 9.57. The third kappa shape index (κ3) is 3.21. The maximum absolute atomic E-state index is 13.4. The van der Waals surface area contributed by atoms with Gasteiger partial charge < -0.3 is 4.98 Å². The van der Waals surface area contributed by atoms with Crippen LogP contribution in [0.25, 0.3) is 10.9 Å². The first-order chi connectivity index (χ1) is 12.7. The van der Waals surface area contributed by atoms with E-state index in [-0.39, 0.29) is 11.8 Å². The Morgan fingerprint density at radius 3 is 2.54 bits per heavy atom. The first-order valence-electron chi connectivity index (χ1n) is 8.69. The molecule has 3 nitrogen and oxygen atoms in total. The number of hydrogen-bond donors (Lipinski definition) is 2. The average Bonchev–Trinajstić information content (AvgIpc) is 3.36. The summed E-state index contributed by atoms with van der Waals surface area (Å²) >= 11 is 1.70. The Morgan fingerprint density at radius 2 is 1.77 bits per heavy atom. The van der Waals surface area contributed by atoms with E-state index in [0.717, 1.165) is 22.0 Å². The zero-order chi connectivity index (χ0) is 17.9. The molecule has 4 aromatic rings. The summed E-state index contributed by atoms with van der Waals surface area (Å²) in [6.07, 6.45) is 1.82. The van der Waals surface area contributed by atoms with E-state index in [1.54, 1.807) is 11.3 Å². The zero-order valence-electron chi connectivity index (χ0n) is 14.5.